The predicted molar refractivity (Wildman–Crippen MR) is 62.5 cm³/mol. The lowest BCUT2D eigenvalue weighted by Crippen LogP contribution is -2.12. The summed E-state index contributed by atoms with van der Waals surface area (Å²) in [7, 11) is 0. The van der Waals surface area contributed by atoms with Crippen molar-refractivity contribution in [2.75, 3.05) is 11.9 Å². The van der Waals surface area contributed by atoms with E-state index in [9.17, 15) is 13.6 Å². The van der Waals surface area contributed by atoms with E-state index in [-0.39, 0.29) is 18.0 Å². The lowest BCUT2D eigenvalue weighted by atomic mass is 10.2. The van der Waals surface area contributed by atoms with Crippen molar-refractivity contribution in [3.8, 4) is 0 Å². The van der Waals surface area contributed by atoms with Crippen molar-refractivity contribution >= 4 is 11.6 Å². The number of anilines is 1. The van der Waals surface area contributed by atoms with Gasteiger partial charge < -0.3 is 11.1 Å². The Bertz CT molecular complexity index is 383. The molecule has 0 aromatic heterocycles. The minimum Gasteiger partial charge on any atom is -0.330 e. The van der Waals surface area contributed by atoms with Crippen molar-refractivity contribution in [1.82, 2.24) is 0 Å². The highest BCUT2D eigenvalue weighted by atomic mass is 19.1. The minimum absolute atomic E-state index is 0.117. The molecule has 1 amide bonds. The molecule has 17 heavy (non-hydrogen) atoms. The molecule has 1 aromatic rings. The first-order valence-electron chi connectivity index (χ1n) is 5.58. The molecule has 0 bridgehead atoms. The predicted octanol–water partition coefficient (Wildman–Crippen LogP) is 2.42. The van der Waals surface area contributed by atoms with Crippen molar-refractivity contribution in [3.63, 3.8) is 0 Å². The summed E-state index contributed by atoms with van der Waals surface area (Å²) in [6, 6.07) is 2.96. The van der Waals surface area contributed by atoms with Crippen molar-refractivity contribution in [2.45, 2.75) is 25.7 Å². The standard InChI is InChI=1S/C12H16F2N2O/c13-9-5-6-10(14)11(8-9)16-12(17)4-2-1-3-7-15/h5-6,8H,1-4,7,15H2,(H,16,17). The lowest BCUT2D eigenvalue weighted by molar-refractivity contribution is -0.116. The van der Waals surface area contributed by atoms with E-state index in [4.69, 9.17) is 5.73 Å². The number of unbranched alkanes of at least 4 members (excludes halogenated alkanes) is 2. The number of hydrogen-bond acceptors (Lipinski definition) is 2. The molecule has 0 fully saturated rings. The molecule has 0 radical (unpaired) electrons. The van der Waals surface area contributed by atoms with Gasteiger partial charge in [0.05, 0.1) is 5.69 Å². The normalized spacial score (nSPS) is 10.3. The number of hydrogen-bond donors (Lipinski definition) is 2. The number of amides is 1. The van der Waals surface area contributed by atoms with Gasteiger partial charge in [0.15, 0.2) is 0 Å². The molecule has 5 heteroatoms. The summed E-state index contributed by atoms with van der Waals surface area (Å²) in [6.45, 7) is 0.597. The topological polar surface area (TPSA) is 55.1 Å². The second-order valence-electron chi connectivity index (χ2n) is 3.77. The first-order chi connectivity index (χ1) is 8.13. The van der Waals surface area contributed by atoms with Crippen LogP contribution in [0.1, 0.15) is 25.7 Å². The van der Waals surface area contributed by atoms with Gasteiger partial charge in [-0.2, -0.15) is 0 Å². The van der Waals surface area contributed by atoms with Crippen LogP contribution in [0.15, 0.2) is 18.2 Å². The fourth-order valence-electron chi connectivity index (χ4n) is 1.41. The Morgan fingerprint density at radius 2 is 2.00 bits per heavy atom. The van der Waals surface area contributed by atoms with E-state index < -0.39 is 11.6 Å². The fraction of sp³-hybridized carbons (Fsp3) is 0.417. The summed E-state index contributed by atoms with van der Waals surface area (Å²) < 4.78 is 26.0. The van der Waals surface area contributed by atoms with E-state index in [1.165, 1.54) is 0 Å². The van der Waals surface area contributed by atoms with Crippen molar-refractivity contribution < 1.29 is 13.6 Å². The number of rotatable bonds is 6. The number of halogens is 2. The van der Waals surface area contributed by atoms with E-state index >= 15 is 0 Å². The van der Waals surface area contributed by atoms with Gasteiger partial charge in [-0.25, -0.2) is 8.78 Å². The summed E-state index contributed by atoms with van der Waals surface area (Å²) in [5, 5.41) is 2.34. The lowest BCUT2D eigenvalue weighted by Gasteiger charge is -2.06. The molecule has 1 aromatic carbocycles. The monoisotopic (exact) mass is 242 g/mol. The van der Waals surface area contributed by atoms with Crippen LogP contribution in [0.4, 0.5) is 14.5 Å². The van der Waals surface area contributed by atoms with Gasteiger partial charge >= 0.3 is 0 Å². The third-order valence-electron chi connectivity index (χ3n) is 2.31. The average molecular weight is 242 g/mol. The van der Waals surface area contributed by atoms with E-state index in [1.54, 1.807) is 0 Å². The number of nitrogens with two attached hydrogens (primary N) is 1. The molecule has 0 saturated carbocycles. The Hall–Kier alpha value is -1.49. The van der Waals surface area contributed by atoms with Crippen LogP contribution < -0.4 is 11.1 Å². The molecule has 3 N–H and O–H groups in total. The molecular weight excluding hydrogens is 226 g/mol. The van der Waals surface area contributed by atoms with Gasteiger partial charge in [-0.3, -0.25) is 4.79 Å². The van der Waals surface area contributed by atoms with Crippen molar-refractivity contribution in [3.05, 3.63) is 29.8 Å². The largest absolute Gasteiger partial charge is 0.330 e. The summed E-state index contributed by atoms with van der Waals surface area (Å²) in [5.41, 5.74) is 5.20. The van der Waals surface area contributed by atoms with Crippen LogP contribution in [0.2, 0.25) is 0 Å². The van der Waals surface area contributed by atoms with Crippen LogP contribution in [-0.2, 0) is 4.79 Å². The molecule has 0 unspecified atom stereocenters. The van der Waals surface area contributed by atoms with Crippen LogP contribution in [0, 0.1) is 11.6 Å². The maximum atomic E-state index is 13.2. The van der Waals surface area contributed by atoms with Gasteiger partial charge in [0.25, 0.3) is 0 Å². The summed E-state index contributed by atoms with van der Waals surface area (Å²) in [6.07, 6.45) is 2.70. The van der Waals surface area contributed by atoms with Crippen LogP contribution in [0.3, 0.4) is 0 Å². The van der Waals surface area contributed by atoms with Gasteiger partial charge in [-0.1, -0.05) is 6.42 Å². The third-order valence-corrected chi connectivity index (χ3v) is 2.31. The van der Waals surface area contributed by atoms with Crippen LogP contribution in [0.5, 0.6) is 0 Å². The molecule has 0 heterocycles. The molecular formula is C12H16F2N2O. The molecule has 0 aliphatic rings. The Balaban J connectivity index is 2.42. The second kappa shape index (κ2) is 6.96. The van der Waals surface area contributed by atoms with Gasteiger partial charge in [-0.05, 0) is 31.5 Å². The maximum Gasteiger partial charge on any atom is 0.224 e. The summed E-state index contributed by atoms with van der Waals surface area (Å²) in [5.74, 6) is -1.53. The smallest absolute Gasteiger partial charge is 0.224 e. The number of carbonyl (C=O) groups excluding carboxylic acids is 1. The van der Waals surface area contributed by atoms with Crippen molar-refractivity contribution in [2.24, 2.45) is 5.73 Å². The molecule has 94 valence electrons. The fourth-order valence-corrected chi connectivity index (χ4v) is 1.41. The van der Waals surface area contributed by atoms with Gasteiger partial charge in [-0.15, -0.1) is 0 Å². The molecule has 0 aliphatic heterocycles. The highest BCUT2D eigenvalue weighted by Crippen LogP contribution is 2.15. The van der Waals surface area contributed by atoms with Gasteiger partial charge in [0.1, 0.15) is 11.6 Å². The van der Waals surface area contributed by atoms with Crippen LogP contribution in [0.25, 0.3) is 0 Å². The van der Waals surface area contributed by atoms with Crippen molar-refractivity contribution in [1.29, 1.82) is 0 Å². The molecule has 3 nitrogen and oxygen atoms in total. The minimum atomic E-state index is -0.637. The zero-order chi connectivity index (χ0) is 12.7. The zero-order valence-corrected chi connectivity index (χ0v) is 9.51. The van der Waals surface area contributed by atoms with E-state index in [2.05, 4.69) is 5.32 Å². The molecule has 0 spiro atoms. The maximum absolute atomic E-state index is 13.2. The van der Waals surface area contributed by atoms with E-state index in [1.807, 2.05) is 0 Å². The quantitative estimate of drug-likeness (QED) is 0.753. The SMILES string of the molecule is NCCCCCC(=O)Nc1cc(F)ccc1F. The highest BCUT2D eigenvalue weighted by molar-refractivity contribution is 5.90. The third kappa shape index (κ3) is 4.91. The van der Waals surface area contributed by atoms with E-state index in [0.717, 1.165) is 31.0 Å². The molecule has 0 atom stereocenters. The zero-order valence-electron chi connectivity index (χ0n) is 9.51. The Morgan fingerprint density at radius 3 is 2.71 bits per heavy atom. The molecule has 1 rings (SSSR count). The average Bonchev–Trinajstić information content (AvgIpc) is 2.29. The van der Waals surface area contributed by atoms with Crippen LogP contribution >= 0.6 is 0 Å². The first-order valence-corrected chi connectivity index (χ1v) is 5.58. The van der Waals surface area contributed by atoms with Gasteiger partial charge in [0.2, 0.25) is 5.91 Å². The molecule has 0 aliphatic carbocycles. The first kappa shape index (κ1) is 13.6. The molecule has 0 saturated heterocycles. The number of nitrogens with one attached hydrogen (secondary N) is 1. The highest BCUT2D eigenvalue weighted by Gasteiger charge is 2.07. The number of carbonyl (C=O) groups is 1. The van der Waals surface area contributed by atoms with Crippen LogP contribution in [-0.4, -0.2) is 12.5 Å². The van der Waals surface area contributed by atoms with Gasteiger partial charge in [0, 0.05) is 12.5 Å². The second-order valence-corrected chi connectivity index (χ2v) is 3.77. The Labute approximate surface area is 99.0 Å². The Morgan fingerprint density at radius 1 is 1.24 bits per heavy atom. The number of benzene rings is 1. The summed E-state index contributed by atoms with van der Waals surface area (Å²) >= 11 is 0. The van der Waals surface area contributed by atoms with E-state index in [0.29, 0.717) is 13.0 Å². The Kier molecular flexibility index (Phi) is 5.56. The summed E-state index contributed by atoms with van der Waals surface area (Å²) in [4.78, 5) is 11.4.